The van der Waals surface area contributed by atoms with Gasteiger partial charge >= 0.3 is 0 Å². The topological polar surface area (TPSA) is 93.6 Å². The van der Waals surface area contributed by atoms with Crippen LogP contribution in [0.4, 0.5) is 5.82 Å². The number of fused-ring (bicyclic) bond motifs is 1. The largest absolute Gasteiger partial charge is 0.464 e. The molecular weight excluding hydrogens is 266 g/mol. The molecule has 0 saturated carbocycles. The standard InChI is InChI=1S/C15H11N5O/c16-14-13-10(12-4-2-6-21-12)7-11(18-15(13)20-19-14)9-3-1-5-17-8-9/h1-8H,(H3,16,18,19,20). The zero-order chi connectivity index (χ0) is 14.2. The first-order valence-corrected chi connectivity index (χ1v) is 6.42. The predicted octanol–water partition coefficient (Wildman–Crippen LogP) is 2.86. The third-order valence-corrected chi connectivity index (χ3v) is 3.30. The maximum absolute atomic E-state index is 5.96. The molecule has 0 atom stereocenters. The molecule has 0 amide bonds. The molecule has 0 aliphatic carbocycles. The minimum Gasteiger partial charge on any atom is -0.464 e. The molecule has 21 heavy (non-hydrogen) atoms. The minimum atomic E-state index is 0.474. The molecule has 3 N–H and O–H groups in total. The quantitative estimate of drug-likeness (QED) is 0.587. The van der Waals surface area contributed by atoms with Crippen molar-refractivity contribution in [2.75, 3.05) is 5.73 Å². The molecule has 0 spiro atoms. The predicted molar refractivity (Wildman–Crippen MR) is 79.2 cm³/mol. The second-order valence-electron chi connectivity index (χ2n) is 4.61. The monoisotopic (exact) mass is 277 g/mol. The van der Waals surface area contributed by atoms with E-state index in [1.807, 2.05) is 30.3 Å². The van der Waals surface area contributed by atoms with Gasteiger partial charge in [-0.25, -0.2) is 4.98 Å². The number of H-pyrrole nitrogens is 1. The summed E-state index contributed by atoms with van der Waals surface area (Å²) in [4.78, 5) is 8.66. The average Bonchev–Trinajstić information content (AvgIpc) is 3.18. The van der Waals surface area contributed by atoms with E-state index in [2.05, 4.69) is 20.2 Å². The number of hydrogen-bond donors (Lipinski definition) is 2. The van der Waals surface area contributed by atoms with Gasteiger partial charge in [-0.15, -0.1) is 0 Å². The highest BCUT2D eigenvalue weighted by Crippen LogP contribution is 2.33. The SMILES string of the molecule is Nc1[nH]nc2nc(-c3cccnc3)cc(-c3ccco3)c12. The van der Waals surface area contributed by atoms with Crippen LogP contribution in [0.15, 0.2) is 53.4 Å². The lowest BCUT2D eigenvalue weighted by Crippen LogP contribution is -1.90. The zero-order valence-corrected chi connectivity index (χ0v) is 10.9. The van der Waals surface area contributed by atoms with Gasteiger partial charge in [-0.1, -0.05) is 0 Å². The average molecular weight is 277 g/mol. The maximum Gasteiger partial charge on any atom is 0.184 e. The van der Waals surface area contributed by atoms with Crippen molar-refractivity contribution in [3.8, 4) is 22.6 Å². The van der Waals surface area contributed by atoms with Crippen molar-refractivity contribution in [1.82, 2.24) is 20.2 Å². The Morgan fingerprint density at radius 3 is 2.90 bits per heavy atom. The van der Waals surface area contributed by atoms with Gasteiger partial charge < -0.3 is 10.2 Å². The Hall–Kier alpha value is -3.15. The van der Waals surface area contributed by atoms with Gasteiger partial charge in [0.1, 0.15) is 11.6 Å². The summed E-state index contributed by atoms with van der Waals surface area (Å²) in [6, 6.07) is 9.47. The van der Waals surface area contributed by atoms with Crippen LogP contribution in [0.25, 0.3) is 33.6 Å². The number of nitrogens with zero attached hydrogens (tertiary/aromatic N) is 3. The fourth-order valence-corrected chi connectivity index (χ4v) is 2.34. The first-order valence-electron chi connectivity index (χ1n) is 6.42. The van der Waals surface area contributed by atoms with E-state index < -0.39 is 0 Å². The van der Waals surface area contributed by atoms with E-state index in [4.69, 9.17) is 10.2 Å². The smallest absolute Gasteiger partial charge is 0.184 e. The molecule has 4 aromatic rings. The molecular formula is C15H11N5O. The van der Waals surface area contributed by atoms with Crippen LogP contribution in [-0.2, 0) is 0 Å². The normalized spacial score (nSPS) is 11.0. The second-order valence-corrected chi connectivity index (χ2v) is 4.61. The van der Waals surface area contributed by atoms with Gasteiger partial charge in [-0.2, -0.15) is 5.10 Å². The summed E-state index contributed by atoms with van der Waals surface area (Å²) in [6.45, 7) is 0. The molecule has 0 unspecified atom stereocenters. The number of nitrogens with two attached hydrogens (primary N) is 1. The lowest BCUT2D eigenvalue weighted by molar-refractivity contribution is 0.583. The van der Waals surface area contributed by atoms with E-state index in [0.29, 0.717) is 11.5 Å². The molecule has 4 heterocycles. The highest BCUT2D eigenvalue weighted by atomic mass is 16.3. The van der Waals surface area contributed by atoms with Crippen LogP contribution in [0, 0.1) is 0 Å². The molecule has 102 valence electrons. The summed E-state index contributed by atoms with van der Waals surface area (Å²) in [6.07, 6.45) is 5.11. The van der Waals surface area contributed by atoms with Crippen LogP contribution in [0.3, 0.4) is 0 Å². The summed E-state index contributed by atoms with van der Waals surface area (Å²) in [5, 5.41) is 7.68. The van der Waals surface area contributed by atoms with Gasteiger partial charge in [0.15, 0.2) is 5.65 Å². The molecule has 6 nitrogen and oxygen atoms in total. The molecule has 0 aliphatic heterocycles. The van der Waals surface area contributed by atoms with Gasteiger partial charge in [0.2, 0.25) is 0 Å². The Kier molecular flexibility index (Phi) is 2.47. The third kappa shape index (κ3) is 1.85. The van der Waals surface area contributed by atoms with Crippen LogP contribution >= 0.6 is 0 Å². The Balaban J connectivity index is 2.04. The van der Waals surface area contributed by atoms with Gasteiger partial charge in [0.25, 0.3) is 0 Å². The number of anilines is 1. The fourth-order valence-electron chi connectivity index (χ4n) is 2.34. The van der Waals surface area contributed by atoms with E-state index in [1.165, 1.54) is 0 Å². The van der Waals surface area contributed by atoms with Crippen molar-refractivity contribution in [3.63, 3.8) is 0 Å². The first-order chi connectivity index (χ1) is 10.3. The van der Waals surface area contributed by atoms with Crippen LogP contribution in [-0.4, -0.2) is 20.2 Å². The van der Waals surface area contributed by atoms with Crippen LogP contribution in [0.2, 0.25) is 0 Å². The van der Waals surface area contributed by atoms with Crippen LogP contribution < -0.4 is 5.73 Å². The highest BCUT2D eigenvalue weighted by Gasteiger charge is 2.15. The van der Waals surface area contributed by atoms with Gasteiger partial charge in [-0.3, -0.25) is 10.1 Å². The van der Waals surface area contributed by atoms with Crippen molar-refractivity contribution in [3.05, 3.63) is 49.0 Å². The Morgan fingerprint density at radius 2 is 2.14 bits per heavy atom. The van der Waals surface area contributed by atoms with Crippen LogP contribution in [0.1, 0.15) is 0 Å². The molecule has 4 aromatic heterocycles. The second kappa shape index (κ2) is 4.45. The number of nitrogen functional groups attached to an aromatic ring is 1. The molecule has 0 aliphatic rings. The lowest BCUT2D eigenvalue weighted by Gasteiger charge is -2.05. The summed E-state index contributed by atoms with van der Waals surface area (Å²) in [5.74, 6) is 1.20. The van der Waals surface area contributed by atoms with Crippen molar-refractivity contribution in [2.24, 2.45) is 0 Å². The number of furan rings is 1. The molecule has 0 fully saturated rings. The lowest BCUT2D eigenvalue weighted by atomic mass is 10.1. The van der Waals surface area contributed by atoms with Gasteiger partial charge in [-0.05, 0) is 30.3 Å². The maximum atomic E-state index is 5.96. The summed E-state index contributed by atoms with van der Waals surface area (Å²) >= 11 is 0. The summed E-state index contributed by atoms with van der Waals surface area (Å²) < 4.78 is 5.50. The van der Waals surface area contributed by atoms with Crippen molar-refractivity contribution in [1.29, 1.82) is 0 Å². The molecule has 0 aromatic carbocycles. The Morgan fingerprint density at radius 1 is 1.19 bits per heavy atom. The number of aromatic nitrogens is 4. The Bertz CT molecular complexity index is 897. The Labute approximate surface area is 119 Å². The number of hydrogen-bond acceptors (Lipinski definition) is 5. The third-order valence-electron chi connectivity index (χ3n) is 3.30. The van der Waals surface area contributed by atoms with E-state index in [0.717, 1.165) is 28.0 Å². The number of aromatic amines is 1. The molecule has 0 radical (unpaired) electrons. The van der Waals surface area contributed by atoms with Crippen molar-refractivity contribution >= 4 is 16.9 Å². The fraction of sp³-hybridized carbons (Fsp3) is 0. The molecule has 6 heteroatoms. The highest BCUT2D eigenvalue weighted by molar-refractivity contribution is 6.00. The van der Waals surface area contributed by atoms with Gasteiger partial charge in [0, 0.05) is 23.5 Å². The molecule has 0 saturated heterocycles. The number of rotatable bonds is 2. The first kappa shape index (κ1) is 11.7. The molecule has 0 bridgehead atoms. The minimum absolute atomic E-state index is 0.474. The number of nitrogens with one attached hydrogen (secondary N) is 1. The van der Waals surface area contributed by atoms with Crippen LogP contribution in [0.5, 0.6) is 0 Å². The number of pyridine rings is 2. The zero-order valence-electron chi connectivity index (χ0n) is 10.9. The van der Waals surface area contributed by atoms with E-state index >= 15 is 0 Å². The van der Waals surface area contributed by atoms with Crippen molar-refractivity contribution in [2.45, 2.75) is 0 Å². The van der Waals surface area contributed by atoms with E-state index in [-0.39, 0.29) is 0 Å². The van der Waals surface area contributed by atoms with Crippen molar-refractivity contribution < 1.29 is 4.42 Å². The molecule has 4 rings (SSSR count). The summed E-state index contributed by atoms with van der Waals surface area (Å²) in [5.41, 5.74) is 9.05. The summed E-state index contributed by atoms with van der Waals surface area (Å²) in [7, 11) is 0. The van der Waals surface area contributed by atoms with Gasteiger partial charge in [0.05, 0.1) is 17.3 Å². The van der Waals surface area contributed by atoms with E-state index in [1.54, 1.807) is 18.7 Å². The van der Waals surface area contributed by atoms with E-state index in [9.17, 15) is 0 Å².